The van der Waals surface area contributed by atoms with Gasteiger partial charge < -0.3 is 9.47 Å². The van der Waals surface area contributed by atoms with Crippen molar-refractivity contribution in [3.05, 3.63) is 48.5 Å². The molecule has 0 heterocycles. The highest BCUT2D eigenvalue weighted by Gasteiger charge is 2.54. The minimum Gasteiger partial charge on any atom is -0.465 e. The topological polar surface area (TPSA) is 18.5 Å². The summed E-state index contributed by atoms with van der Waals surface area (Å²) in [7, 11) is 0. The molecule has 0 amide bonds. The molecule has 2 nitrogen and oxygen atoms in total. The molecule has 0 aromatic heterocycles. The first kappa shape index (κ1) is 16.4. The van der Waals surface area contributed by atoms with Crippen LogP contribution in [0.3, 0.4) is 0 Å². The average molecular weight is 348 g/mol. The zero-order valence-corrected chi connectivity index (χ0v) is 15.6. The number of ether oxygens (including phenoxy) is 2. The highest BCUT2D eigenvalue weighted by molar-refractivity contribution is 5.85. The molecule has 0 spiro atoms. The van der Waals surface area contributed by atoms with Crippen molar-refractivity contribution in [3.8, 4) is 5.75 Å². The second kappa shape index (κ2) is 6.42. The lowest BCUT2D eigenvalue weighted by molar-refractivity contribution is -0.132. The molecule has 0 radical (unpaired) electrons. The van der Waals surface area contributed by atoms with Gasteiger partial charge in [0.05, 0.1) is 6.10 Å². The van der Waals surface area contributed by atoms with Crippen molar-refractivity contribution in [2.75, 3.05) is 0 Å². The van der Waals surface area contributed by atoms with Crippen LogP contribution < -0.4 is 4.74 Å². The summed E-state index contributed by atoms with van der Waals surface area (Å²) in [5.74, 6) is 4.54. The number of hydrogen-bond donors (Lipinski definition) is 0. The van der Waals surface area contributed by atoms with Crippen molar-refractivity contribution >= 4 is 16.8 Å². The van der Waals surface area contributed by atoms with Crippen LogP contribution in [-0.2, 0) is 4.74 Å². The molecular formula is C24H28O2. The zero-order chi connectivity index (χ0) is 17.7. The van der Waals surface area contributed by atoms with Gasteiger partial charge >= 0.3 is 0 Å². The summed E-state index contributed by atoms with van der Waals surface area (Å²) in [6.45, 7) is 5.88. The van der Waals surface area contributed by atoms with Gasteiger partial charge in [-0.05, 0) is 90.8 Å². The summed E-state index contributed by atoms with van der Waals surface area (Å²) in [5.41, 5.74) is 1.14. The molecule has 26 heavy (non-hydrogen) atoms. The third-order valence-electron chi connectivity index (χ3n) is 7.11. The van der Waals surface area contributed by atoms with E-state index in [0.717, 1.165) is 35.0 Å². The molecule has 2 aromatic rings. The minimum atomic E-state index is -0.191. The second-order valence-corrected chi connectivity index (χ2v) is 8.49. The maximum absolute atomic E-state index is 6.37. The lowest BCUT2D eigenvalue weighted by Crippen LogP contribution is -2.34. The Kier molecular flexibility index (Phi) is 4.04. The Morgan fingerprint density at radius 1 is 1.00 bits per heavy atom. The molecule has 5 rings (SSSR count). The molecule has 3 aliphatic rings. The van der Waals surface area contributed by atoms with E-state index in [1.54, 1.807) is 0 Å². The normalized spacial score (nSPS) is 33.3. The summed E-state index contributed by atoms with van der Waals surface area (Å²) in [5, 5.41) is 2.40. The van der Waals surface area contributed by atoms with Gasteiger partial charge in [-0.2, -0.15) is 0 Å². The fourth-order valence-electron chi connectivity index (χ4n) is 6.07. The molecule has 3 aliphatic carbocycles. The molecule has 136 valence electrons. The van der Waals surface area contributed by atoms with E-state index in [2.05, 4.69) is 36.9 Å². The van der Waals surface area contributed by atoms with Crippen LogP contribution in [0.5, 0.6) is 5.75 Å². The Morgan fingerprint density at radius 3 is 2.69 bits per heavy atom. The van der Waals surface area contributed by atoms with E-state index >= 15 is 0 Å². The molecule has 3 fully saturated rings. The molecular weight excluding hydrogens is 320 g/mol. The van der Waals surface area contributed by atoms with Gasteiger partial charge in [-0.3, -0.25) is 0 Å². The summed E-state index contributed by atoms with van der Waals surface area (Å²) in [6.07, 6.45) is 9.08. The molecule has 6 unspecified atom stereocenters. The zero-order valence-electron chi connectivity index (χ0n) is 15.6. The van der Waals surface area contributed by atoms with Gasteiger partial charge in [0.1, 0.15) is 5.75 Å². The van der Waals surface area contributed by atoms with Gasteiger partial charge in [0, 0.05) is 0 Å². The van der Waals surface area contributed by atoms with Crippen molar-refractivity contribution in [3.63, 3.8) is 0 Å². The van der Waals surface area contributed by atoms with Crippen LogP contribution in [0.2, 0.25) is 0 Å². The van der Waals surface area contributed by atoms with Gasteiger partial charge in [-0.1, -0.05) is 37.3 Å². The number of benzene rings is 2. The Hall–Kier alpha value is -1.80. The maximum atomic E-state index is 6.37. The van der Waals surface area contributed by atoms with Crippen LogP contribution in [0.15, 0.2) is 43.0 Å². The summed E-state index contributed by atoms with van der Waals surface area (Å²) < 4.78 is 12.5. The molecule has 0 aliphatic heterocycles. The van der Waals surface area contributed by atoms with Crippen molar-refractivity contribution < 1.29 is 9.47 Å². The second-order valence-electron chi connectivity index (χ2n) is 8.49. The van der Waals surface area contributed by atoms with Crippen molar-refractivity contribution in [2.45, 2.75) is 51.4 Å². The first-order valence-electron chi connectivity index (χ1n) is 10.2. The molecule has 2 aromatic carbocycles. The summed E-state index contributed by atoms with van der Waals surface area (Å²) >= 11 is 0. The van der Waals surface area contributed by atoms with E-state index in [-0.39, 0.29) is 6.29 Å². The molecule has 2 heteroatoms. The van der Waals surface area contributed by atoms with Crippen LogP contribution in [0.4, 0.5) is 0 Å². The molecule has 3 saturated carbocycles. The third-order valence-corrected chi connectivity index (χ3v) is 7.11. The first-order valence-corrected chi connectivity index (χ1v) is 10.2. The van der Waals surface area contributed by atoms with Crippen LogP contribution in [0.25, 0.3) is 16.8 Å². The van der Waals surface area contributed by atoms with Gasteiger partial charge in [-0.15, -0.1) is 0 Å². The molecule has 2 bridgehead atoms. The Balaban J connectivity index is 1.25. The fourth-order valence-corrected chi connectivity index (χ4v) is 6.07. The average Bonchev–Trinajstić information content (AvgIpc) is 3.34. The molecule has 6 atom stereocenters. The van der Waals surface area contributed by atoms with Gasteiger partial charge in [0.25, 0.3) is 0 Å². The Morgan fingerprint density at radius 2 is 1.81 bits per heavy atom. The van der Waals surface area contributed by atoms with E-state index in [4.69, 9.17) is 9.47 Å². The van der Waals surface area contributed by atoms with Crippen LogP contribution >= 0.6 is 0 Å². The van der Waals surface area contributed by atoms with E-state index < -0.39 is 0 Å². The molecule has 0 N–H and O–H groups in total. The lowest BCUT2D eigenvalue weighted by atomic mass is 9.80. The van der Waals surface area contributed by atoms with Crippen molar-refractivity contribution in [1.29, 1.82) is 0 Å². The molecule has 0 saturated heterocycles. The van der Waals surface area contributed by atoms with Crippen LogP contribution in [0.1, 0.15) is 44.6 Å². The Labute approximate surface area is 156 Å². The van der Waals surface area contributed by atoms with Crippen LogP contribution in [-0.4, -0.2) is 12.4 Å². The van der Waals surface area contributed by atoms with Gasteiger partial charge in [0.2, 0.25) is 0 Å². The van der Waals surface area contributed by atoms with Crippen molar-refractivity contribution in [1.82, 2.24) is 0 Å². The van der Waals surface area contributed by atoms with Gasteiger partial charge in [-0.25, -0.2) is 0 Å². The van der Waals surface area contributed by atoms with E-state index in [0.29, 0.717) is 6.10 Å². The summed E-state index contributed by atoms with van der Waals surface area (Å²) in [6, 6.07) is 12.6. The summed E-state index contributed by atoms with van der Waals surface area (Å²) in [4.78, 5) is 0. The predicted octanol–water partition coefficient (Wildman–Crippen LogP) is 6.05. The number of hydrogen-bond acceptors (Lipinski definition) is 2. The van der Waals surface area contributed by atoms with Crippen molar-refractivity contribution in [2.24, 2.45) is 23.7 Å². The standard InChI is InChI=1S/C24H28O2/c1-3-16-7-8-18-12-20(10-9-17(18)11-16)25-15(2)26-24-14-19-13-23(24)22-6-4-5-21(19)22/h3,7-12,15,19,21-24H,1,4-6,13-14H2,2H3. The highest BCUT2D eigenvalue weighted by atomic mass is 16.7. The van der Waals surface area contributed by atoms with Crippen LogP contribution in [0, 0.1) is 23.7 Å². The highest BCUT2D eigenvalue weighted by Crippen LogP contribution is 2.59. The quantitative estimate of drug-likeness (QED) is 0.612. The van der Waals surface area contributed by atoms with E-state index in [9.17, 15) is 0 Å². The minimum absolute atomic E-state index is 0.191. The first-order chi connectivity index (χ1) is 12.7. The lowest BCUT2D eigenvalue weighted by Gasteiger charge is -2.33. The Bertz CT molecular complexity index is 826. The SMILES string of the molecule is C=Cc1ccc2cc(OC(C)OC3CC4CC3C3CCCC43)ccc2c1. The number of rotatable bonds is 5. The fraction of sp³-hybridized carbons (Fsp3) is 0.500. The van der Waals surface area contributed by atoms with E-state index in [1.807, 2.05) is 19.1 Å². The van der Waals surface area contributed by atoms with Gasteiger partial charge in [0.15, 0.2) is 6.29 Å². The monoisotopic (exact) mass is 348 g/mol. The largest absolute Gasteiger partial charge is 0.465 e. The number of fused-ring (bicyclic) bond motifs is 6. The van der Waals surface area contributed by atoms with E-state index in [1.165, 1.54) is 42.9 Å². The third kappa shape index (κ3) is 2.75. The smallest absolute Gasteiger partial charge is 0.197 e. The maximum Gasteiger partial charge on any atom is 0.197 e. The predicted molar refractivity (Wildman–Crippen MR) is 106 cm³/mol.